The molecule has 0 amide bonds. The van der Waals surface area contributed by atoms with Crippen molar-refractivity contribution < 1.29 is 40.8 Å². The van der Waals surface area contributed by atoms with E-state index in [1.54, 1.807) is 0 Å². The Morgan fingerprint density at radius 1 is 1.40 bits per heavy atom. The van der Waals surface area contributed by atoms with Gasteiger partial charge < -0.3 is 11.3 Å². The van der Waals surface area contributed by atoms with E-state index in [1.165, 1.54) is 0 Å². The predicted octanol–water partition coefficient (Wildman–Crippen LogP) is -1.84. The minimum absolute atomic E-state index is 0. The second kappa shape index (κ2) is 6.62. The largest absolute Gasteiger partial charge is 1.00 e. The Balaban J connectivity index is -0.000000320. The molecule has 0 aromatic carbocycles. The molecule has 0 aliphatic carbocycles. The molecule has 2 nitrogen and oxygen atoms in total. The smallest absolute Gasteiger partial charge is 1.00 e. The number of aliphatic hydroxyl groups excluding tert-OH is 1. The molecule has 3 heteroatoms. The first kappa shape index (κ1) is 13.5. The summed E-state index contributed by atoms with van der Waals surface area (Å²) in [7, 11) is 0. The summed E-state index contributed by atoms with van der Waals surface area (Å²) in [5.74, 6) is 0. The molecule has 0 aliphatic rings. The van der Waals surface area contributed by atoms with Crippen LogP contribution in [0.1, 0.15) is 22.2 Å². The number of hydrogen-bond acceptors (Lipinski definition) is 2. The molecule has 0 saturated carbocycles. The van der Waals surface area contributed by atoms with E-state index in [9.17, 15) is 0 Å². The average molecular weight is 156 g/mol. The maximum Gasteiger partial charge on any atom is 1.00 e. The van der Waals surface area contributed by atoms with E-state index < -0.39 is 0 Å². The van der Waals surface area contributed by atoms with Crippen LogP contribution in [0.3, 0.4) is 0 Å². The van der Waals surface area contributed by atoms with Crippen molar-refractivity contribution in [2.75, 3.05) is 19.8 Å². The van der Waals surface area contributed by atoms with Crippen LogP contribution < -0.4 is 29.6 Å². The Morgan fingerprint density at radius 2 is 1.90 bits per heavy atom. The molecule has 0 radical (unpaired) electrons. The molecule has 0 atom stereocenters. The first-order chi connectivity index (χ1) is 4.06. The van der Waals surface area contributed by atoms with Gasteiger partial charge in [0, 0.05) is 0 Å². The van der Waals surface area contributed by atoms with Crippen molar-refractivity contribution in [3.63, 3.8) is 0 Å². The molecular weight excluding hydrogens is 139 g/mol. The van der Waals surface area contributed by atoms with Crippen LogP contribution in [-0.2, 0) is 4.74 Å². The van der Waals surface area contributed by atoms with Gasteiger partial charge in [-0.3, -0.25) is 0 Å². The summed E-state index contributed by atoms with van der Waals surface area (Å²) >= 11 is 0. The topological polar surface area (TPSA) is 29.5 Å². The zero-order valence-corrected chi connectivity index (χ0v) is 9.48. The van der Waals surface area contributed by atoms with Crippen LogP contribution in [0.15, 0.2) is 0 Å². The molecule has 0 heterocycles. The van der Waals surface area contributed by atoms with Crippen molar-refractivity contribution in [1.29, 1.82) is 0 Å². The summed E-state index contributed by atoms with van der Waals surface area (Å²) in [6, 6.07) is 0. The van der Waals surface area contributed by atoms with Crippen molar-refractivity contribution in [3.8, 4) is 0 Å². The molecule has 1 N–H and O–H groups in total. The fourth-order valence-corrected chi connectivity index (χ4v) is 0.443. The molecule has 10 heavy (non-hydrogen) atoms. The van der Waals surface area contributed by atoms with Gasteiger partial charge in [-0.05, 0) is 5.41 Å². The Kier molecular flexibility index (Phi) is 8.94. The van der Waals surface area contributed by atoms with Crippen LogP contribution in [0, 0.1) is 5.41 Å². The van der Waals surface area contributed by atoms with Crippen LogP contribution in [0.4, 0.5) is 0 Å². The first-order valence-corrected chi connectivity index (χ1v) is 3.25. The van der Waals surface area contributed by atoms with Gasteiger partial charge in [0.05, 0.1) is 19.8 Å². The molecule has 0 bridgehead atoms. The van der Waals surface area contributed by atoms with Gasteiger partial charge in [0.1, 0.15) is 0 Å². The summed E-state index contributed by atoms with van der Waals surface area (Å²) in [4.78, 5) is 0. The van der Waals surface area contributed by atoms with Gasteiger partial charge in [-0.25, -0.2) is 0 Å². The molecule has 0 aromatic rings. The van der Waals surface area contributed by atoms with Crippen molar-refractivity contribution in [3.05, 3.63) is 0 Å². The van der Waals surface area contributed by atoms with E-state index in [0.717, 1.165) is 0 Å². The second-order valence-electron chi connectivity index (χ2n) is 3.34. The van der Waals surface area contributed by atoms with Crippen LogP contribution in [-0.4, -0.2) is 24.9 Å². The first-order valence-electron chi connectivity index (χ1n) is 3.25. The Bertz CT molecular complexity index is 73.3. The van der Waals surface area contributed by atoms with E-state index in [0.29, 0.717) is 13.2 Å². The van der Waals surface area contributed by atoms with Crippen LogP contribution in [0.2, 0.25) is 0 Å². The Labute approximate surface area is 86.7 Å². The van der Waals surface area contributed by atoms with Crippen molar-refractivity contribution in [1.82, 2.24) is 0 Å². The second-order valence-corrected chi connectivity index (χ2v) is 3.34. The van der Waals surface area contributed by atoms with Gasteiger partial charge in [-0.1, -0.05) is 20.8 Å². The van der Waals surface area contributed by atoms with Crippen molar-refractivity contribution >= 4 is 0 Å². The van der Waals surface area contributed by atoms with Crippen LogP contribution in [0.5, 0.6) is 0 Å². The van der Waals surface area contributed by atoms with E-state index in [1.807, 2.05) is 0 Å². The van der Waals surface area contributed by atoms with Gasteiger partial charge in [0.25, 0.3) is 0 Å². The molecular formula is C7H17NaO2. The quantitative estimate of drug-likeness (QED) is 0.384. The third-order valence-electron chi connectivity index (χ3n) is 0.771. The van der Waals surface area contributed by atoms with Crippen molar-refractivity contribution in [2.24, 2.45) is 5.41 Å². The Hall–Kier alpha value is 0.920. The van der Waals surface area contributed by atoms with Gasteiger partial charge in [-0.15, -0.1) is 0 Å². The fourth-order valence-electron chi connectivity index (χ4n) is 0.443. The van der Waals surface area contributed by atoms with Gasteiger partial charge in [-0.2, -0.15) is 0 Å². The van der Waals surface area contributed by atoms with Crippen LogP contribution >= 0.6 is 0 Å². The van der Waals surface area contributed by atoms with Crippen LogP contribution in [0.25, 0.3) is 0 Å². The number of hydrogen-bond donors (Lipinski definition) is 1. The molecule has 0 rings (SSSR count). The standard InChI is InChI=1S/C7H16O2.Na.H/c1-7(2,3)6-9-5-4-8;;/h8H,4-6H2,1-3H3;;/q;+1;-1. The molecule has 0 unspecified atom stereocenters. The molecule has 0 aliphatic heterocycles. The maximum absolute atomic E-state index is 8.34. The minimum atomic E-state index is 0. The van der Waals surface area contributed by atoms with Crippen molar-refractivity contribution in [2.45, 2.75) is 20.8 Å². The third-order valence-corrected chi connectivity index (χ3v) is 0.771. The average Bonchev–Trinajstić information content (AvgIpc) is 1.63. The molecule has 58 valence electrons. The SMILES string of the molecule is CC(C)(C)COCCO.[H-].[Na+]. The number of aliphatic hydroxyl groups is 1. The fraction of sp³-hybridized carbons (Fsp3) is 1.00. The van der Waals surface area contributed by atoms with E-state index in [-0.39, 0.29) is 43.0 Å². The summed E-state index contributed by atoms with van der Waals surface area (Å²) in [6.45, 7) is 7.60. The summed E-state index contributed by atoms with van der Waals surface area (Å²) in [6.07, 6.45) is 0. The van der Waals surface area contributed by atoms with Gasteiger partial charge in [0.2, 0.25) is 0 Å². The normalized spacial score (nSPS) is 10.8. The van der Waals surface area contributed by atoms with Gasteiger partial charge >= 0.3 is 29.6 Å². The zero-order valence-electron chi connectivity index (χ0n) is 8.48. The van der Waals surface area contributed by atoms with E-state index in [2.05, 4.69) is 20.8 Å². The van der Waals surface area contributed by atoms with E-state index in [4.69, 9.17) is 9.84 Å². The maximum atomic E-state index is 8.34. The molecule has 0 spiro atoms. The molecule has 0 aromatic heterocycles. The van der Waals surface area contributed by atoms with Gasteiger partial charge in [0.15, 0.2) is 0 Å². The molecule has 0 saturated heterocycles. The minimum Gasteiger partial charge on any atom is -1.00 e. The van der Waals surface area contributed by atoms with E-state index >= 15 is 0 Å². The Morgan fingerprint density at radius 3 is 2.20 bits per heavy atom. The number of ether oxygens (including phenoxy) is 1. The zero-order chi connectivity index (χ0) is 7.33. The predicted molar refractivity (Wildman–Crippen MR) is 38.5 cm³/mol. The monoisotopic (exact) mass is 156 g/mol. The molecule has 0 fully saturated rings. The summed E-state index contributed by atoms with van der Waals surface area (Å²) < 4.78 is 5.10. The number of rotatable bonds is 3. The third kappa shape index (κ3) is 11.7. The summed E-state index contributed by atoms with van der Waals surface area (Å²) in [5.41, 5.74) is 0.217. The summed E-state index contributed by atoms with van der Waals surface area (Å²) in [5, 5.41) is 8.34.